The lowest BCUT2D eigenvalue weighted by Gasteiger charge is -1.98. The number of hydrogen-bond acceptors (Lipinski definition) is 5. The topological polar surface area (TPSA) is 61.6 Å². The first-order valence-electron chi connectivity index (χ1n) is 3.73. The van der Waals surface area contributed by atoms with Crippen molar-refractivity contribution < 1.29 is 18.8 Å². The van der Waals surface area contributed by atoms with E-state index in [9.17, 15) is 4.79 Å². The minimum absolute atomic E-state index is 0.214. The molecular weight excluding hydrogens is 174 g/mol. The summed E-state index contributed by atoms with van der Waals surface area (Å²) in [7, 11) is 2.82. The normalized spacial score (nSPS) is 10.1. The number of nitrogens with zero attached hydrogens (tertiary/aromatic N) is 1. The molecule has 72 valence electrons. The van der Waals surface area contributed by atoms with Crippen LogP contribution in [-0.4, -0.2) is 25.3 Å². The maximum absolute atomic E-state index is 11.2. The van der Waals surface area contributed by atoms with E-state index in [1.165, 1.54) is 14.2 Å². The third-order valence-corrected chi connectivity index (χ3v) is 1.60. The van der Waals surface area contributed by atoms with Crippen molar-refractivity contribution in [2.75, 3.05) is 14.2 Å². The van der Waals surface area contributed by atoms with Crippen LogP contribution in [0.2, 0.25) is 0 Å². The maximum Gasteiger partial charge on any atom is 0.343 e. The minimum atomic E-state index is -0.453. The fourth-order valence-electron chi connectivity index (χ4n) is 1.01. The summed E-state index contributed by atoms with van der Waals surface area (Å²) in [6.07, 6.45) is 0. The molecule has 1 aromatic heterocycles. The van der Waals surface area contributed by atoms with E-state index in [-0.39, 0.29) is 6.61 Å². The van der Waals surface area contributed by atoms with Gasteiger partial charge in [-0.1, -0.05) is 5.16 Å². The molecule has 0 aliphatic carbocycles. The van der Waals surface area contributed by atoms with Gasteiger partial charge < -0.3 is 14.0 Å². The predicted octanol–water partition coefficient (Wildman–Crippen LogP) is 0.916. The molecule has 0 spiro atoms. The van der Waals surface area contributed by atoms with Gasteiger partial charge in [-0.25, -0.2) is 4.79 Å². The molecule has 0 aromatic carbocycles. The fourth-order valence-corrected chi connectivity index (χ4v) is 1.01. The molecule has 0 unspecified atom stereocenters. The van der Waals surface area contributed by atoms with Gasteiger partial charge in [-0.05, 0) is 6.92 Å². The molecule has 0 N–H and O–H groups in total. The first-order valence-corrected chi connectivity index (χ1v) is 3.73. The van der Waals surface area contributed by atoms with Crippen molar-refractivity contribution in [3.05, 3.63) is 17.0 Å². The van der Waals surface area contributed by atoms with E-state index in [2.05, 4.69) is 9.89 Å². The highest BCUT2D eigenvalue weighted by atomic mass is 16.5. The number of carbonyl (C=O) groups is 1. The molecule has 0 amide bonds. The highest BCUT2D eigenvalue weighted by molar-refractivity contribution is 5.91. The van der Waals surface area contributed by atoms with Crippen LogP contribution in [-0.2, 0) is 16.1 Å². The Morgan fingerprint density at radius 1 is 1.54 bits per heavy atom. The Bertz CT molecular complexity index is 305. The summed E-state index contributed by atoms with van der Waals surface area (Å²) < 4.78 is 14.3. The molecule has 1 rings (SSSR count). The first-order chi connectivity index (χ1) is 6.20. The van der Waals surface area contributed by atoms with Crippen molar-refractivity contribution in [3.8, 4) is 0 Å². The van der Waals surface area contributed by atoms with E-state index in [0.29, 0.717) is 17.0 Å². The molecule has 0 aliphatic heterocycles. The molecule has 1 aromatic rings. The van der Waals surface area contributed by atoms with Gasteiger partial charge in [-0.2, -0.15) is 0 Å². The van der Waals surface area contributed by atoms with E-state index < -0.39 is 5.97 Å². The van der Waals surface area contributed by atoms with E-state index in [4.69, 9.17) is 9.26 Å². The van der Waals surface area contributed by atoms with E-state index in [1.54, 1.807) is 6.92 Å². The predicted molar refractivity (Wildman–Crippen MR) is 43.3 cm³/mol. The molecule has 5 heteroatoms. The molecule has 0 radical (unpaired) electrons. The third-order valence-electron chi connectivity index (χ3n) is 1.60. The standard InChI is InChI=1S/C8H11NO4/c1-5-7(8(10)12-3)6(4-11-2)13-9-5/h4H2,1-3H3. The van der Waals surface area contributed by atoms with Gasteiger partial charge in [0.1, 0.15) is 12.2 Å². The summed E-state index contributed by atoms with van der Waals surface area (Å²) in [5.41, 5.74) is 0.864. The van der Waals surface area contributed by atoms with Gasteiger partial charge in [0.15, 0.2) is 5.76 Å². The van der Waals surface area contributed by atoms with Crippen LogP contribution in [0.25, 0.3) is 0 Å². The van der Waals surface area contributed by atoms with E-state index >= 15 is 0 Å². The van der Waals surface area contributed by atoms with Gasteiger partial charge in [-0.15, -0.1) is 0 Å². The van der Waals surface area contributed by atoms with Gasteiger partial charge in [0.25, 0.3) is 0 Å². The molecule has 0 atom stereocenters. The SMILES string of the molecule is COCc1onc(C)c1C(=O)OC. The zero-order chi connectivity index (χ0) is 9.84. The molecule has 5 nitrogen and oxygen atoms in total. The Morgan fingerprint density at radius 3 is 2.77 bits per heavy atom. The Labute approximate surface area is 75.6 Å². The summed E-state index contributed by atoms with van der Waals surface area (Å²) in [5, 5.41) is 3.65. The van der Waals surface area contributed by atoms with Gasteiger partial charge >= 0.3 is 5.97 Å². The van der Waals surface area contributed by atoms with Crippen molar-refractivity contribution in [3.63, 3.8) is 0 Å². The number of carbonyl (C=O) groups excluding carboxylic acids is 1. The summed E-state index contributed by atoms with van der Waals surface area (Å²) in [6.45, 7) is 1.89. The van der Waals surface area contributed by atoms with Gasteiger partial charge in [0, 0.05) is 7.11 Å². The number of methoxy groups -OCH3 is 2. The molecule has 0 saturated heterocycles. The molecule has 13 heavy (non-hydrogen) atoms. The van der Waals surface area contributed by atoms with Crippen molar-refractivity contribution >= 4 is 5.97 Å². The summed E-state index contributed by atoms with van der Waals surface area (Å²) >= 11 is 0. The average Bonchev–Trinajstić information content (AvgIpc) is 2.47. The van der Waals surface area contributed by atoms with E-state index in [0.717, 1.165) is 0 Å². The highest BCUT2D eigenvalue weighted by Gasteiger charge is 2.20. The van der Waals surface area contributed by atoms with Crippen molar-refractivity contribution in [1.29, 1.82) is 0 Å². The Balaban J connectivity index is 3.01. The van der Waals surface area contributed by atoms with E-state index in [1.807, 2.05) is 0 Å². The molecule has 0 saturated carbocycles. The Kier molecular flexibility index (Phi) is 3.02. The van der Waals surface area contributed by atoms with Gasteiger partial charge in [-0.3, -0.25) is 0 Å². The number of esters is 1. The smallest absolute Gasteiger partial charge is 0.343 e. The number of ether oxygens (including phenoxy) is 2. The molecule has 0 aliphatic rings. The van der Waals surface area contributed by atoms with Crippen LogP contribution >= 0.6 is 0 Å². The fraction of sp³-hybridized carbons (Fsp3) is 0.500. The van der Waals surface area contributed by atoms with Crippen LogP contribution in [0.15, 0.2) is 4.52 Å². The van der Waals surface area contributed by atoms with Gasteiger partial charge in [0.2, 0.25) is 0 Å². The van der Waals surface area contributed by atoms with Crippen LogP contribution in [0.1, 0.15) is 21.8 Å². The summed E-state index contributed by atoms with van der Waals surface area (Å²) in [5.74, 6) is -0.0577. The summed E-state index contributed by atoms with van der Waals surface area (Å²) in [4.78, 5) is 11.2. The van der Waals surface area contributed by atoms with Crippen LogP contribution < -0.4 is 0 Å². The molecular formula is C8H11NO4. The highest BCUT2D eigenvalue weighted by Crippen LogP contribution is 2.15. The number of aromatic nitrogens is 1. The second-order valence-corrected chi connectivity index (χ2v) is 2.49. The molecule has 0 fully saturated rings. The second kappa shape index (κ2) is 4.04. The third kappa shape index (κ3) is 1.86. The minimum Gasteiger partial charge on any atom is -0.465 e. The summed E-state index contributed by atoms with van der Waals surface area (Å²) in [6, 6.07) is 0. The Hall–Kier alpha value is -1.36. The second-order valence-electron chi connectivity index (χ2n) is 2.49. The van der Waals surface area contributed by atoms with Crippen LogP contribution in [0, 0.1) is 6.92 Å². The number of rotatable bonds is 3. The molecule has 0 bridgehead atoms. The van der Waals surface area contributed by atoms with Crippen molar-refractivity contribution in [2.24, 2.45) is 0 Å². The van der Waals surface area contributed by atoms with Crippen LogP contribution in [0.3, 0.4) is 0 Å². The average molecular weight is 185 g/mol. The number of aryl methyl sites for hydroxylation is 1. The van der Waals surface area contributed by atoms with Crippen molar-refractivity contribution in [1.82, 2.24) is 5.16 Å². The largest absolute Gasteiger partial charge is 0.465 e. The molecule has 1 heterocycles. The van der Waals surface area contributed by atoms with Crippen LogP contribution in [0.4, 0.5) is 0 Å². The number of hydrogen-bond donors (Lipinski definition) is 0. The lowest BCUT2D eigenvalue weighted by molar-refractivity contribution is 0.0591. The zero-order valence-corrected chi connectivity index (χ0v) is 7.79. The quantitative estimate of drug-likeness (QED) is 0.655. The Morgan fingerprint density at radius 2 is 2.23 bits per heavy atom. The van der Waals surface area contributed by atoms with Gasteiger partial charge in [0.05, 0.1) is 12.8 Å². The van der Waals surface area contributed by atoms with Crippen molar-refractivity contribution in [2.45, 2.75) is 13.5 Å². The lowest BCUT2D eigenvalue weighted by Crippen LogP contribution is -2.05. The maximum atomic E-state index is 11.2. The monoisotopic (exact) mass is 185 g/mol. The van der Waals surface area contributed by atoms with Crippen LogP contribution in [0.5, 0.6) is 0 Å². The zero-order valence-electron chi connectivity index (χ0n) is 7.79. The lowest BCUT2D eigenvalue weighted by atomic mass is 10.2. The first kappa shape index (κ1) is 9.73.